The average Bonchev–Trinajstić information content (AvgIpc) is 2.43. The number of piperidine rings is 1. The van der Waals surface area contributed by atoms with Crippen LogP contribution in [-0.2, 0) is 21.2 Å². The molecule has 6 heteroatoms. The van der Waals surface area contributed by atoms with Crippen LogP contribution in [0, 0.1) is 0 Å². The van der Waals surface area contributed by atoms with E-state index < -0.39 is 9.84 Å². The summed E-state index contributed by atoms with van der Waals surface area (Å²) in [4.78, 5) is 14.5. The van der Waals surface area contributed by atoms with Crippen LogP contribution in [-0.4, -0.2) is 44.6 Å². The van der Waals surface area contributed by atoms with Gasteiger partial charge in [-0.15, -0.1) is 0 Å². The summed E-state index contributed by atoms with van der Waals surface area (Å²) in [6, 6.07) is 6.67. The Kier molecular flexibility index (Phi) is 5.00. The molecule has 116 valence electrons. The van der Waals surface area contributed by atoms with Crippen molar-refractivity contribution in [3.8, 4) is 0 Å². The van der Waals surface area contributed by atoms with Gasteiger partial charge in [-0.1, -0.05) is 19.1 Å². The molecule has 1 aromatic carbocycles. The third kappa shape index (κ3) is 4.04. The molecule has 0 aromatic heterocycles. The Morgan fingerprint density at radius 1 is 1.29 bits per heavy atom. The standard InChI is InChI=1S/C15H22N2O3S/c1-3-16-14-5-4-10-17(15(14)18)11-12-6-8-13(9-7-12)21(2,19)20/h6-9,14,16H,3-5,10-11H2,1-2H3. The Morgan fingerprint density at radius 2 is 1.95 bits per heavy atom. The molecule has 1 atom stereocenters. The molecule has 1 aliphatic rings. The molecule has 1 saturated heterocycles. The monoisotopic (exact) mass is 310 g/mol. The van der Waals surface area contributed by atoms with Crippen LogP contribution in [0.15, 0.2) is 29.2 Å². The summed E-state index contributed by atoms with van der Waals surface area (Å²) in [5.74, 6) is 0.135. The number of amides is 1. The van der Waals surface area contributed by atoms with Gasteiger partial charge in [-0.2, -0.15) is 0 Å². The molecule has 2 rings (SSSR count). The highest BCUT2D eigenvalue weighted by molar-refractivity contribution is 7.90. The van der Waals surface area contributed by atoms with Crippen molar-refractivity contribution in [3.05, 3.63) is 29.8 Å². The third-order valence-electron chi connectivity index (χ3n) is 3.71. The molecule has 0 aliphatic carbocycles. The van der Waals surface area contributed by atoms with Crippen LogP contribution in [0.5, 0.6) is 0 Å². The molecule has 1 heterocycles. The lowest BCUT2D eigenvalue weighted by molar-refractivity contribution is -0.136. The quantitative estimate of drug-likeness (QED) is 0.887. The van der Waals surface area contributed by atoms with Crippen LogP contribution < -0.4 is 5.32 Å². The van der Waals surface area contributed by atoms with E-state index in [0.717, 1.165) is 31.5 Å². The van der Waals surface area contributed by atoms with Gasteiger partial charge in [0, 0.05) is 19.3 Å². The Hall–Kier alpha value is -1.40. The summed E-state index contributed by atoms with van der Waals surface area (Å²) in [6.07, 6.45) is 3.07. The minimum atomic E-state index is -3.17. The third-order valence-corrected chi connectivity index (χ3v) is 4.83. The number of rotatable bonds is 5. The van der Waals surface area contributed by atoms with E-state index in [2.05, 4.69) is 5.32 Å². The Labute approximate surface area is 126 Å². The molecular weight excluding hydrogens is 288 g/mol. The summed E-state index contributed by atoms with van der Waals surface area (Å²) in [5, 5.41) is 3.21. The van der Waals surface area contributed by atoms with Crippen molar-refractivity contribution in [1.82, 2.24) is 10.2 Å². The molecule has 1 aliphatic heterocycles. The maximum Gasteiger partial charge on any atom is 0.240 e. The summed E-state index contributed by atoms with van der Waals surface area (Å²) in [7, 11) is -3.17. The number of carbonyl (C=O) groups is 1. The van der Waals surface area contributed by atoms with Crippen LogP contribution in [0.2, 0.25) is 0 Å². The van der Waals surface area contributed by atoms with Gasteiger partial charge in [0.05, 0.1) is 10.9 Å². The first kappa shape index (κ1) is 16.0. The Balaban J connectivity index is 2.05. The van der Waals surface area contributed by atoms with Crippen molar-refractivity contribution in [2.75, 3.05) is 19.3 Å². The molecular formula is C15H22N2O3S. The smallest absolute Gasteiger partial charge is 0.240 e. The molecule has 0 radical (unpaired) electrons. The number of sulfone groups is 1. The predicted molar refractivity (Wildman–Crippen MR) is 81.7 cm³/mol. The molecule has 5 nitrogen and oxygen atoms in total. The number of benzene rings is 1. The van der Waals surface area contributed by atoms with Gasteiger partial charge in [-0.05, 0) is 37.1 Å². The lowest BCUT2D eigenvalue weighted by atomic mass is 10.0. The highest BCUT2D eigenvalue weighted by atomic mass is 32.2. The zero-order valence-electron chi connectivity index (χ0n) is 12.5. The lowest BCUT2D eigenvalue weighted by Gasteiger charge is -2.32. The van der Waals surface area contributed by atoms with Gasteiger partial charge in [0.25, 0.3) is 0 Å². The number of carbonyl (C=O) groups excluding carboxylic acids is 1. The average molecular weight is 310 g/mol. The maximum atomic E-state index is 12.3. The van der Waals surface area contributed by atoms with Crippen LogP contribution in [0.4, 0.5) is 0 Å². The van der Waals surface area contributed by atoms with Crippen molar-refractivity contribution >= 4 is 15.7 Å². The molecule has 21 heavy (non-hydrogen) atoms. The number of likely N-dealkylation sites (tertiary alicyclic amines) is 1. The largest absolute Gasteiger partial charge is 0.337 e. The molecule has 1 fully saturated rings. The van der Waals surface area contributed by atoms with Gasteiger partial charge in [-0.3, -0.25) is 4.79 Å². The van der Waals surface area contributed by atoms with E-state index >= 15 is 0 Å². The number of hydrogen-bond acceptors (Lipinski definition) is 4. The number of nitrogens with one attached hydrogen (secondary N) is 1. The van der Waals surface area contributed by atoms with Gasteiger partial charge in [-0.25, -0.2) is 8.42 Å². The first-order chi connectivity index (χ1) is 9.91. The minimum Gasteiger partial charge on any atom is -0.337 e. The second-order valence-electron chi connectivity index (χ2n) is 5.43. The fourth-order valence-electron chi connectivity index (χ4n) is 2.60. The minimum absolute atomic E-state index is 0.0842. The Bertz CT molecular complexity index is 594. The second kappa shape index (κ2) is 6.58. The summed E-state index contributed by atoms with van der Waals surface area (Å²) in [5.41, 5.74) is 0.952. The zero-order chi connectivity index (χ0) is 15.5. The molecule has 1 N–H and O–H groups in total. The van der Waals surface area contributed by atoms with E-state index in [1.807, 2.05) is 11.8 Å². The summed E-state index contributed by atoms with van der Waals surface area (Å²) in [6.45, 7) is 4.07. The van der Waals surface area contributed by atoms with Crippen molar-refractivity contribution in [2.24, 2.45) is 0 Å². The molecule has 0 bridgehead atoms. The van der Waals surface area contributed by atoms with Crippen molar-refractivity contribution in [1.29, 1.82) is 0 Å². The number of nitrogens with zero attached hydrogens (tertiary/aromatic N) is 1. The molecule has 0 spiro atoms. The van der Waals surface area contributed by atoms with Crippen LogP contribution >= 0.6 is 0 Å². The van der Waals surface area contributed by atoms with Crippen LogP contribution in [0.25, 0.3) is 0 Å². The van der Waals surface area contributed by atoms with Crippen LogP contribution in [0.3, 0.4) is 0 Å². The number of likely N-dealkylation sites (N-methyl/N-ethyl adjacent to an activating group) is 1. The van der Waals surface area contributed by atoms with Gasteiger partial charge < -0.3 is 10.2 Å². The molecule has 1 aromatic rings. The first-order valence-corrected chi connectivity index (χ1v) is 9.12. The fraction of sp³-hybridized carbons (Fsp3) is 0.533. The highest BCUT2D eigenvalue weighted by Crippen LogP contribution is 2.17. The van der Waals surface area contributed by atoms with Gasteiger partial charge >= 0.3 is 0 Å². The molecule has 1 amide bonds. The summed E-state index contributed by atoms with van der Waals surface area (Å²) >= 11 is 0. The molecule has 0 saturated carbocycles. The highest BCUT2D eigenvalue weighted by Gasteiger charge is 2.27. The van der Waals surface area contributed by atoms with Crippen molar-refractivity contribution < 1.29 is 13.2 Å². The van der Waals surface area contributed by atoms with Crippen molar-refractivity contribution in [3.63, 3.8) is 0 Å². The summed E-state index contributed by atoms with van der Waals surface area (Å²) < 4.78 is 22.9. The fourth-order valence-corrected chi connectivity index (χ4v) is 3.23. The van der Waals surface area contributed by atoms with E-state index in [9.17, 15) is 13.2 Å². The second-order valence-corrected chi connectivity index (χ2v) is 7.44. The SMILES string of the molecule is CCNC1CCCN(Cc2ccc(S(C)(=O)=O)cc2)C1=O. The maximum absolute atomic E-state index is 12.3. The molecule has 1 unspecified atom stereocenters. The van der Waals surface area contributed by atoms with E-state index in [1.54, 1.807) is 24.3 Å². The van der Waals surface area contributed by atoms with Crippen LogP contribution in [0.1, 0.15) is 25.3 Å². The lowest BCUT2D eigenvalue weighted by Crippen LogP contribution is -2.50. The number of hydrogen-bond donors (Lipinski definition) is 1. The van der Waals surface area contributed by atoms with Gasteiger partial charge in [0.2, 0.25) is 5.91 Å². The van der Waals surface area contributed by atoms with E-state index in [4.69, 9.17) is 0 Å². The van der Waals surface area contributed by atoms with E-state index in [1.165, 1.54) is 6.26 Å². The predicted octanol–water partition coefficient (Wildman–Crippen LogP) is 1.19. The van der Waals surface area contributed by atoms with E-state index in [0.29, 0.717) is 11.4 Å². The Morgan fingerprint density at radius 3 is 2.52 bits per heavy atom. The topological polar surface area (TPSA) is 66.5 Å². The normalized spacial score (nSPS) is 19.8. The van der Waals surface area contributed by atoms with Gasteiger partial charge in [0.15, 0.2) is 9.84 Å². The zero-order valence-corrected chi connectivity index (χ0v) is 13.3. The van der Waals surface area contributed by atoms with Gasteiger partial charge in [0.1, 0.15) is 0 Å². The van der Waals surface area contributed by atoms with E-state index in [-0.39, 0.29) is 11.9 Å². The van der Waals surface area contributed by atoms with Crippen molar-refractivity contribution in [2.45, 2.75) is 37.2 Å². The first-order valence-electron chi connectivity index (χ1n) is 7.23.